The fourth-order valence-electron chi connectivity index (χ4n) is 4.52. The third-order valence-electron chi connectivity index (χ3n) is 6.39. The van der Waals surface area contributed by atoms with Gasteiger partial charge in [0.05, 0.1) is 29.8 Å². The molecule has 0 radical (unpaired) electrons. The quantitative estimate of drug-likeness (QED) is 0.372. The average molecular weight is 542 g/mol. The van der Waals surface area contributed by atoms with E-state index in [1.54, 1.807) is 18.9 Å². The minimum absolute atomic E-state index is 0.0421. The Balaban J connectivity index is 2.17. The van der Waals surface area contributed by atoms with Crippen LogP contribution in [0.4, 0.5) is 50.0 Å². The zero-order chi connectivity index (χ0) is 27.9. The Morgan fingerprint density at radius 3 is 1.92 bits per heavy atom. The molecule has 0 saturated heterocycles. The number of fused-ring (bicyclic) bond motifs is 1. The number of nitrogens with zero attached hydrogens (tertiary/aromatic N) is 2. The lowest BCUT2D eigenvalue weighted by molar-refractivity contribution is -0.143. The van der Waals surface area contributed by atoms with Crippen LogP contribution in [0.15, 0.2) is 36.4 Å². The van der Waals surface area contributed by atoms with Crippen molar-refractivity contribution in [2.75, 3.05) is 19.1 Å². The number of amides is 1. The monoisotopic (exact) mass is 542 g/mol. The van der Waals surface area contributed by atoms with Gasteiger partial charge in [0.25, 0.3) is 0 Å². The number of carbonyl (C=O) groups excluding carboxylic acids is 1. The largest absolute Gasteiger partial charge is 0.453 e. The highest BCUT2D eigenvalue weighted by Crippen LogP contribution is 2.44. The molecule has 13 heteroatoms. The van der Waals surface area contributed by atoms with E-state index >= 15 is 0 Å². The van der Waals surface area contributed by atoms with E-state index in [0.29, 0.717) is 24.2 Å². The molecule has 0 saturated carbocycles. The van der Waals surface area contributed by atoms with Gasteiger partial charge in [0.15, 0.2) is 0 Å². The van der Waals surface area contributed by atoms with E-state index < -0.39 is 59.5 Å². The highest BCUT2D eigenvalue weighted by Gasteiger charge is 2.41. The van der Waals surface area contributed by atoms with Gasteiger partial charge in [-0.15, -0.1) is 0 Å². The lowest BCUT2D eigenvalue weighted by Crippen LogP contribution is -2.44. The fraction of sp³-hybridized carbons (Fsp3) is 0.458. The van der Waals surface area contributed by atoms with Crippen LogP contribution < -0.4 is 4.90 Å². The molecule has 1 aliphatic heterocycles. The Hall–Kier alpha value is -3.12. The molecule has 2 aromatic rings. The van der Waals surface area contributed by atoms with Crippen molar-refractivity contribution in [3.05, 3.63) is 64.2 Å². The number of carbonyl (C=O) groups is 1. The van der Waals surface area contributed by atoms with E-state index in [1.807, 2.05) is 0 Å². The molecule has 4 nitrogen and oxygen atoms in total. The van der Waals surface area contributed by atoms with Crippen LogP contribution in [-0.2, 0) is 29.8 Å². The van der Waals surface area contributed by atoms with Crippen molar-refractivity contribution in [2.45, 2.75) is 56.9 Å². The Morgan fingerprint density at radius 1 is 0.919 bits per heavy atom. The highest BCUT2D eigenvalue weighted by molar-refractivity contribution is 5.70. The van der Waals surface area contributed by atoms with Gasteiger partial charge in [-0.25, -0.2) is 4.79 Å². The van der Waals surface area contributed by atoms with Crippen LogP contribution in [0, 0.1) is 0 Å². The van der Waals surface area contributed by atoms with Crippen molar-refractivity contribution in [2.24, 2.45) is 0 Å². The summed E-state index contributed by atoms with van der Waals surface area (Å²) in [5.41, 5.74) is -4.26. The molecule has 37 heavy (non-hydrogen) atoms. The molecule has 0 aromatic heterocycles. The van der Waals surface area contributed by atoms with Gasteiger partial charge in [0.2, 0.25) is 0 Å². The van der Waals surface area contributed by atoms with Crippen molar-refractivity contribution in [1.29, 1.82) is 0 Å². The molecule has 2 aromatic carbocycles. The summed E-state index contributed by atoms with van der Waals surface area (Å²) in [6.07, 6.45) is -15.5. The van der Waals surface area contributed by atoms with Crippen molar-refractivity contribution < 1.29 is 49.0 Å². The second-order valence-corrected chi connectivity index (χ2v) is 8.71. The smallest absolute Gasteiger partial charge is 0.416 e. The summed E-state index contributed by atoms with van der Waals surface area (Å²) in [6.45, 7) is 1.04. The zero-order valence-corrected chi connectivity index (χ0v) is 19.9. The molecule has 0 N–H and O–H groups in total. The minimum atomic E-state index is -5.11. The number of benzene rings is 2. The van der Waals surface area contributed by atoms with Gasteiger partial charge >= 0.3 is 24.6 Å². The maximum absolute atomic E-state index is 13.5. The summed E-state index contributed by atoms with van der Waals surface area (Å²) in [5.74, 6) is 0. The predicted octanol–water partition coefficient (Wildman–Crippen LogP) is 7.67. The second kappa shape index (κ2) is 9.97. The Kier molecular flexibility index (Phi) is 7.67. The first-order valence-corrected chi connectivity index (χ1v) is 11.0. The topological polar surface area (TPSA) is 32.8 Å². The Morgan fingerprint density at radius 2 is 1.46 bits per heavy atom. The lowest BCUT2D eigenvalue weighted by Gasteiger charge is -2.44. The van der Waals surface area contributed by atoms with Crippen molar-refractivity contribution in [3.63, 3.8) is 0 Å². The first-order valence-electron chi connectivity index (χ1n) is 11.0. The van der Waals surface area contributed by atoms with E-state index in [9.17, 15) is 44.3 Å². The zero-order valence-electron chi connectivity index (χ0n) is 19.9. The average Bonchev–Trinajstić information content (AvgIpc) is 2.80. The number of hydrogen-bond donors (Lipinski definition) is 0. The lowest BCUT2D eigenvalue weighted by atomic mass is 9.87. The van der Waals surface area contributed by atoms with Crippen molar-refractivity contribution >= 4 is 11.8 Å². The van der Waals surface area contributed by atoms with Crippen LogP contribution in [-0.4, -0.2) is 31.2 Å². The van der Waals surface area contributed by atoms with Crippen LogP contribution in [0.1, 0.15) is 53.6 Å². The van der Waals surface area contributed by atoms with E-state index in [1.165, 1.54) is 6.07 Å². The molecule has 0 bridgehead atoms. The van der Waals surface area contributed by atoms with Crippen LogP contribution >= 0.6 is 0 Å². The van der Waals surface area contributed by atoms with Crippen LogP contribution in [0.3, 0.4) is 0 Å². The molecule has 204 valence electrons. The molecule has 1 amide bonds. The SMILES string of the molecule is CC[C@H]1CC(N(Cc2cc(C(F)(F)F)cc(C(F)(F)F)c2)C(=O)OC)c2cc(C(F)(F)F)ccc2N1C. The molecule has 1 unspecified atom stereocenters. The number of rotatable bonds is 4. The number of anilines is 1. The Bertz CT molecular complexity index is 1110. The molecule has 3 rings (SSSR count). The van der Waals surface area contributed by atoms with E-state index in [4.69, 9.17) is 4.74 Å². The molecule has 0 spiro atoms. The summed E-state index contributed by atoms with van der Waals surface area (Å²) in [6, 6.07) is 2.45. The Labute approximate surface area is 206 Å². The molecular formula is C24H23F9N2O2. The van der Waals surface area contributed by atoms with E-state index in [0.717, 1.165) is 24.1 Å². The number of hydrogen-bond acceptors (Lipinski definition) is 3. The fourth-order valence-corrected chi connectivity index (χ4v) is 4.52. The van der Waals surface area contributed by atoms with E-state index in [-0.39, 0.29) is 24.1 Å². The number of halogens is 9. The second-order valence-electron chi connectivity index (χ2n) is 8.71. The molecular weight excluding hydrogens is 519 g/mol. The first kappa shape index (κ1) is 28.5. The van der Waals surface area contributed by atoms with Gasteiger partial charge in [0, 0.05) is 25.3 Å². The van der Waals surface area contributed by atoms with Crippen molar-refractivity contribution in [1.82, 2.24) is 4.90 Å². The summed E-state index contributed by atoms with van der Waals surface area (Å²) in [5, 5.41) is 0. The van der Waals surface area contributed by atoms with Crippen LogP contribution in [0.2, 0.25) is 0 Å². The normalized spacial score (nSPS) is 18.4. The van der Waals surface area contributed by atoms with Crippen molar-refractivity contribution in [3.8, 4) is 0 Å². The third kappa shape index (κ3) is 6.07. The molecule has 2 atom stereocenters. The summed E-state index contributed by atoms with van der Waals surface area (Å²) < 4.78 is 125. The predicted molar refractivity (Wildman–Crippen MR) is 116 cm³/mol. The van der Waals surface area contributed by atoms with Gasteiger partial charge in [-0.05, 0) is 60.4 Å². The van der Waals surface area contributed by atoms with Crippen LogP contribution in [0.25, 0.3) is 0 Å². The standard InChI is InChI=1S/C24H23F9N2O2/c1-4-17-11-20(18-10-14(22(25,26)27)5-6-19(18)34(17)2)35(21(36)37-3)12-13-7-15(23(28,29)30)9-16(8-13)24(31,32)33/h5-10,17,20H,4,11-12H2,1-3H3/t17-,20?/m0/s1. The molecule has 1 heterocycles. The number of alkyl halides is 9. The highest BCUT2D eigenvalue weighted by atomic mass is 19.4. The number of methoxy groups -OCH3 is 1. The van der Waals surface area contributed by atoms with Gasteiger partial charge in [-0.2, -0.15) is 39.5 Å². The van der Waals surface area contributed by atoms with Gasteiger partial charge in [0.1, 0.15) is 0 Å². The van der Waals surface area contributed by atoms with Gasteiger partial charge in [-0.1, -0.05) is 6.92 Å². The summed E-state index contributed by atoms with van der Waals surface area (Å²) in [4.78, 5) is 15.4. The van der Waals surface area contributed by atoms with Crippen LogP contribution in [0.5, 0.6) is 0 Å². The minimum Gasteiger partial charge on any atom is -0.453 e. The number of ether oxygens (including phenoxy) is 1. The van der Waals surface area contributed by atoms with E-state index in [2.05, 4.69) is 0 Å². The molecule has 1 aliphatic rings. The van der Waals surface area contributed by atoms with Gasteiger partial charge in [-0.3, -0.25) is 4.90 Å². The third-order valence-corrected chi connectivity index (χ3v) is 6.39. The first-order chi connectivity index (χ1) is 17.0. The maximum atomic E-state index is 13.5. The van der Waals surface area contributed by atoms with Gasteiger partial charge < -0.3 is 9.64 Å². The summed E-state index contributed by atoms with van der Waals surface area (Å²) in [7, 11) is 2.61. The molecule has 0 fully saturated rings. The summed E-state index contributed by atoms with van der Waals surface area (Å²) >= 11 is 0. The maximum Gasteiger partial charge on any atom is 0.416 e. The molecule has 0 aliphatic carbocycles.